The van der Waals surface area contributed by atoms with Crippen LogP contribution in [0, 0.1) is 6.92 Å². The molecule has 100 valence electrons. The maximum absolute atomic E-state index is 11.6. The monoisotopic (exact) mass is 248 g/mol. The van der Waals surface area contributed by atoms with Crippen molar-refractivity contribution in [1.29, 1.82) is 0 Å². The second-order valence-corrected chi connectivity index (χ2v) is 4.90. The summed E-state index contributed by atoms with van der Waals surface area (Å²) in [5.41, 5.74) is 3.54. The van der Waals surface area contributed by atoms with Gasteiger partial charge in [-0.25, -0.2) is 0 Å². The SMILES string of the molecule is CCCNC(=O)CNc1c(C)cccc1C(C)C. The molecule has 0 heterocycles. The Bertz CT molecular complexity index is 399. The molecule has 0 aliphatic heterocycles. The lowest BCUT2D eigenvalue weighted by Crippen LogP contribution is -2.30. The summed E-state index contributed by atoms with van der Waals surface area (Å²) in [6.45, 7) is 9.52. The summed E-state index contributed by atoms with van der Waals surface area (Å²) in [7, 11) is 0. The first kappa shape index (κ1) is 14.6. The number of anilines is 1. The molecule has 3 heteroatoms. The van der Waals surface area contributed by atoms with Gasteiger partial charge in [0.2, 0.25) is 5.91 Å². The number of rotatable bonds is 6. The van der Waals surface area contributed by atoms with Crippen molar-refractivity contribution in [2.24, 2.45) is 0 Å². The largest absolute Gasteiger partial charge is 0.376 e. The van der Waals surface area contributed by atoms with Crippen molar-refractivity contribution in [3.8, 4) is 0 Å². The van der Waals surface area contributed by atoms with Crippen molar-refractivity contribution in [2.45, 2.75) is 40.0 Å². The van der Waals surface area contributed by atoms with Gasteiger partial charge in [0.15, 0.2) is 0 Å². The molecule has 1 rings (SSSR count). The van der Waals surface area contributed by atoms with Crippen molar-refractivity contribution in [3.05, 3.63) is 29.3 Å². The van der Waals surface area contributed by atoms with E-state index < -0.39 is 0 Å². The molecular formula is C15H24N2O. The molecule has 1 aromatic carbocycles. The lowest BCUT2D eigenvalue weighted by molar-refractivity contribution is -0.119. The zero-order valence-electron chi connectivity index (χ0n) is 11.8. The summed E-state index contributed by atoms with van der Waals surface area (Å²) in [4.78, 5) is 11.6. The van der Waals surface area contributed by atoms with Crippen molar-refractivity contribution in [3.63, 3.8) is 0 Å². The van der Waals surface area contributed by atoms with Crippen LogP contribution in [0.2, 0.25) is 0 Å². The lowest BCUT2D eigenvalue weighted by atomic mass is 9.98. The van der Waals surface area contributed by atoms with Gasteiger partial charge in [-0.05, 0) is 30.4 Å². The molecule has 18 heavy (non-hydrogen) atoms. The molecule has 0 fully saturated rings. The van der Waals surface area contributed by atoms with Crippen molar-refractivity contribution >= 4 is 11.6 Å². The van der Waals surface area contributed by atoms with E-state index in [2.05, 4.69) is 49.6 Å². The van der Waals surface area contributed by atoms with E-state index in [1.807, 2.05) is 6.92 Å². The maximum Gasteiger partial charge on any atom is 0.239 e. The first-order valence-electron chi connectivity index (χ1n) is 6.66. The Balaban J connectivity index is 2.69. The average Bonchev–Trinajstić information content (AvgIpc) is 2.34. The van der Waals surface area contributed by atoms with Crippen LogP contribution in [0.4, 0.5) is 5.69 Å². The van der Waals surface area contributed by atoms with E-state index in [1.165, 1.54) is 11.1 Å². The number of hydrogen-bond donors (Lipinski definition) is 2. The number of carbonyl (C=O) groups excluding carboxylic acids is 1. The van der Waals surface area contributed by atoms with Crippen molar-refractivity contribution in [1.82, 2.24) is 5.32 Å². The van der Waals surface area contributed by atoms with Crippen LogP contribution in [-0.4, -0.2) is 19.0 Å². The summed E-state index contributed by atoms with van der Waals surface area (Å²) in [5, 5.41) is 6.13. The molecule has 3 nitrogen and oxygen atoms in total. The Morgan fingerprint density at radius 1 is 1.33 bits per heavy atom. The van der Waals surface area contributed by atoms with Gasteiger partial charge in [-0.2, -0.15) is 0 Å². The zero-order valence-corrected chi connectivity index (χ0v) is 11.8. The highest BCUT2D eigenvalue weighted by molar-refractivity contribution is 5.81. The van der Waals surface area contributed by atoms with Crippen LogP contribution in [0.1, 0.15) is 44.2 Å². The molecule has 1 amide bonds. The Hall–Kier alpha value is -1.51. The Morgan fingerprint density at radius 2 is 2.06 bits per heavy atom. The first-order valence-corrected chi connectivity index (χ1v) is 6.66. The smallest absolute Gasteiger partial charge is 0.239 e. The molecule has 0 saturated heterocycles. The Kier molecular flexibility index (Phi) is 5.69. The zero-order chi connectivity index (χ0) is 13.5. The fraction of sp³-hybridized carbons (Fsp3) is 0.533. The fourth-order valence-electron chi connectivity index (χ4n) is 1.91. The summed E-state index contributed by atoms with van der Waals surface area (Å²) in [6, 6.07) is 6.25. The normalized spacial score (nSPS) is 10.5. The summed E-state index contributed by atoms with van der Waals surface area (Å²) in [6.07, 6.45) is 0.966. The van der Waals surface area contributed by atoms with Crippen LogP contribution in [0.3, 0.4) is 0 Å². The maximum atomic E-state index is 11.6. The molecular weight excluding hydrogens is 224 g/mol. The third kappa shape index (κ3) is 4.06. The lowest BCUT2D eigenvalue weighted by Gasteiger charge is -2.17. The van der Waals surface area contributed by atoms with E-state index in [0.717, 1.165) is 18.7 Å². The number of para-hydroxylation sites is 1. The predicted molar refractivity (Wildman–Crippen MR) is 77.1 cm³/mol. The number of hydrogen-bond acceptors (Lipinski definition) is 2. The number of benzene rings is 1. The quantitative estimate of drug-likeness (QED) is 0.812. The summed E-state index contributed by atoms with van der Waals surface area (Å²) in [5.74, 6) is 0.501. The van der Waals surface area contributed by atoms with E-state index >= 15 is 0 Å². The van der Waals surface area contributed by atoms with Crippen LogP contribution >= 0.6 is 0 Å². The third-order valence-corrected chi connectivity index (χ3v) is 2.92. The van der Waals surface area contributed by atoms with Gasteiger partial charge >= 0.3 is 0 Å². The van der Waals surface area contributed by atoms with E-state index in [0.29, 0.717) is 12.5 Å². The fourth-order valence-corrected chi connectivity index (χ4v) is 1.91. The minimum Gasteiger partial charge on any atom is -0.376 e. The molecule has 0 aliphatic carbocycles. The highest BCUT2D eigenvalue weighted by Crippen LogP contribution is 2.26. The summed E-state index contributed by atoms with van der Waals surface area (Å²) < 4.78 is 0. The molecule has 1 aromatic rings. The number of nitrogens with one attached hydrogen (secondary N) is 2. The first-order chi connectivity index (χ1) is 8.56. The highest BCUT2D eigenvalue weighted by atomic mass is 16.1. The molecule has 0 spiro atoms. The molecule has 0 aliphatic rings. The van der Waals surface area contributed by atoms with Crippen LogP contribution in [0.25, 0.3) is 0 Å². The van der Waals surface area contributed by atoms with Crippen molar-refractivity contribution in [2.75, 3.05) is 18.4 Å². The van der Waals surface area contributed by atoms with Gasteiger partial charge in [-0.1, -0.05) is 39.0 Å². The van der Waals surface area contributed by atoms with Crippen LogP contribution in [-0.2, 0) is 4.79 Å². The van der Waals surface area contributed by atoms with Crippen LogP contribution in [0.15, 0.2) is 18.2 Å². The number of aryl methyl sites for hydroxylation is 1. The van der Waals surface area contributed by atoms with E-state index in [1.54, 1.807) is 0 Å². The van der Waals surface area contributed by atoms with Gasteiger partial charge in [0.25, 0.3) is 0 Å². The average molecular weight is 248 g/mol. The molecule has 0 atom stereocenters. The summed E-state index contributed by atoms with van der Waals surface area (Å²) >= 11 is 0. The van der Waals surface area contributed by atoms with Gasteiger partial charge in [0, 0.05) is 12.2 Å². The second kappa shape index (κ2) is 7.04. The highest BCUT2D eigenvalue weighted by Gasteiger charge is 2.09. The van der Waals surface area contributed by atoms with E-state index in [-0.39, 0.29) is 5.91 Å². The van der Waals surface area contributed by atoms with Gasteiger partial charge < -0.3 is 10.6 Å². The topological polar surface area (TPSA) is 41.1 Å². The third-order valence-electron chi connectivity index (χ3n) is 2.92. The van der Waals surface area contributed by atoms with Gasteiger partial charge in [0.05, 0.1) is 6.54 Å². The molecule has 0 radical (unpaired) electrons. The Morgan fingerprint density at radius 3 is 2.67 bits per heavy atom. The Labute approximate surface area is 110 Å². The predicted octanol–water partition coefficient (Wildman–Crippen LogP) is 3.06. The minimum absolute atomic E-state index is 0.0507. The van der Waals surface area contributed by atoms with E-state index in [4.69, 9.17) is 0 Å². The minimum atomic E-state index is 0.0507. The van der Waals surface area contributed by atoms with Gasteiger partial charge in [-0.15, -0.1) is 0 Å². The van der Waals surface area contributed by atoms with Crippen LogP contribution in [0.5, 0.6) is 0 Å². The van der Waals surface area contributed by atoms with Gasteiger partial charge in [-0.3, -0.25) is 4.79 Å². The molecule has 0 unspecified atom stereocenters. The number of carbonyl (C=O) groups is 1. The number of amides is 1. The molecule has 0 bridgehead atoms. The second-order valence-electron chi connectivity index (χ2n) is 4.90. The van der Waals surface area contributed by atoms with Gasteiger partial charge in [0.1, 0.15) is 0 Å². The molecule has 0 aromatic heterocycles. The van der Waals surface area contributed by atoms with Crippen molar-refractivity contribution < 1.29 is 4.79 Å². The standard InChI is InChI=1S/C15H24N2O/c1-5-9-16-14(18)10-17-15-12(4)7-6-8-13(15)11(2)3/h6-8,11,17H,5,9-10H2,1-4H3,(H,16,18). The van der Waals surface area contributed by atoms with Crippen LogP contribution < -0.4 is 10.6 Å². The van der Waals surface area contributed by atoms with E-state index in [9.17, 15) is 4.79 Å². The molecule has 0 saturated carbocycles. The molecule has 2 N–H and O–H groups in total.